The summed E-state index contributed by atoms with van der Waals surface area (Å²) in [5.74, 6) is -3.61. The number of amides is 2. The maximum atomic E-state index is 13.1. The average molecular weight is 397 g/mol. The Hall–Kier alpha value is -2.85. The zero-order valence-corrected chi connectivity index (χ0v) is 15.1. The van der Waals surface area contributed by atoms with Gasteiger partial charge in [-0.25, -0.2) is 21.9 Å². The molecule has 7 nitrogen and oxygen atoms in total. The summed E-state index contributed by atoms with van der Waals surface area (Å²) in [5, 5.41) is 0. The molecule has 2 rings (SSSR count). The fourth-order valence-corrected chi connectivity index (χ4v) is 3.15. The zero-order valence-electron chi connectivity index (χ0n) is 14.3. The van der Waals surface area contributed by atoms with Gasteiger partial charge in [-0.3, -0.25) is 20.4 Å². The molecular formula is C17H17F2N3O4S. The Morgan fingerprint density at radius 2 is 1.70 bits per heavy atom. The Balaban J connectivity index is 1.82. The summed E-state index contributed by atoms with van der Waals surface area (Å²) < 4.78 is 52.0. The fourth-order valence-electron chi connectivity index (χ4n) is 2.11. The van der Waals surface area contributed by atoms with E-state index in [0.717, 1.165) is 11.6 Å². The number of sulfonamides is 1. The number of hydrogen-bond acceptors (Lipinski definition) is 4. The molecule has 0 bridgehead atoms. The molecule has 27 heavy (non-hydrogen) atoms. The van der Waals surface area contributed by atoms with E-state index in [1.165, 1.54) is 0 Å². The number of carbonyl (C=O) groups excluding carboxylic acids is 2. The third-order valence-electron chi connectivity index (χ3n) is 3.55. The second-order valence-electron chi connectivity index (χ2n) is 5.54. The van der Waals surface area contributed by atoms with E-state index in [1.54, 1.807) is 31.2 Å². The summed E-state index contributed by atoms with van der Waals surface area (Å²) in [6, 6.07) is 8.91. The second-order valence-corrected chi connectivity index (χ2v) is 7.31. The van der Waals surface area contributed by atoms with Gasteiger partial charge in [0.25, 0.3) is 5.91 Å². The van der Waals surface area contributed by atoms with E-state index in [0.29, 0.717) is 17.7 Å². The standard InChI is InChI=1S/C17H17F2N3O4S/c1-11-4-2-3-5-13(11)17(24)22-21-16(23)8-9-20-27(25,26)12-6-7-14(18)15(19)10-12/h2-7,10,20H,8-9H2,1H3,(H,21,23)(H,22,24). The van der Waals surface area contributed by atoms with Crippen LogP contribution in [0.15, 0.2) is 47.4 Å². The number of rotatable bonds is 6. The SMILES string of the molecule is Cc1ccccc1C(=O)NNC(=O)CCNS(=O)(=O)c1ccc(F)c(F)c1. The van der Waals surface area contributed by atoms with Gasteiger partial charge in [0, 0.05) is 18.5 Å². The van der Waals surface area contributed by atoms with Crippen LogP contribution in [0, 0.1) is 18.6 Å². The van der Waals surface area contributed by atoms with Crippen LogP contribution in [-0.4, -0.2) is 26.8 Å². The fraction of sp³-hybridized carbons (Fsp3) is 0.176. The molecule has 0 heterocycles. The number of aryl methyl sites for hydroxylation is 1. The van der Waals surface area contributed by atoms with Crippen LogP contribution < -0.4 is 15.6 Å². The van der Waals surface area contributed by atoms with Crippen LogP contribution in [0.4, 0.5) is 8.78 Å². The van der Waals surface area contributed by atoms with E-state index in [4.69, 9.17) is 0 Å². The second kappa shape index (κ2) is 8.69. The summed E-state index contributed by atoms with van der Waals surface area (Å²) in [4.78, 5) is 23.2. The highest BCUT2D eigenvalue weighted by molar-refractivity contribution is 7.89. The van der Waals surface area contributed by atoms with E-state index >= 15 is 0 Å². The Kier molecular flexibility index (Phi) is 6.59. The van der Waals surface area contributed by atoms with Gasteiger partial charge < -0.3 is 0 Å². The number of carbonyl (C=O) groups is 2. The predicted octanol–water partition coefficient (Wildman–Crippen LogP) is 1.40. The molecule has 0 atom stereocenters. The lowest BCUT2D eigenvalue weighted by molar-refractivity contribution is -0.121. The molecule has 10 heteroatoms. The molecule has 0 aliphatic heterocycles. The summed E-state index contributed by atoms with van der Waals surface area (Å²) in [6.45, 7) is 1.44. The van der Waals surface area contributed by atoms with Crippen molar-refractivity contribution in [3.63, 3.8) is 0 Å². The smallest absolute Gasteiger partial charge is 0.269 e. The maximum Gasteiger partial charge on any atom is 0.269 e. The number of nitrogens with one attached hydrogen (secondary N) is 3. The Morgan fingerprint density at radius 3 is 2.37 bits per heavy atom. The van der Waals surface area contributed by atoms with Crippen LogP contribution >= 0.6 is 0 Å². The minimum atomic E-state index is -4.10. The molecular weight excluding hydrogens is 380 g/mol. The number of hydrogen-bond donors (Lipinski definition) is 3. The van der Waals surface area contributed by atoms with E-state index in [-0.39, 0.29) is 13.0 Å². The summed E-state index contributed by atoms with van der Waals surface area (Å²) in [6.07, 6.45) is -0.281. The number of benzene rings is 2. The van der Waals surface area contributed by atoms with E-state index in [9.17, 15) is 26.8 Å². The molecule has 144 valence electrons. The molecule has 0 aromatic heterocycles. The Bertz CT molecular complexity index is 964. The van der Waals surface area contributed by atoms with Crippen molar-refractivity contribution < 1.29 is 26.8 Å². The third-order valence-corrected chi connectivity index (χ3v) is 5.01. The van der Waals surface area contributed by atoms with E-state index in [2.05, 4.69) is 15.6 Å². The molecule has 2 aromatic rings. The van der Waals surface area contributed by atoms with Crippen molar-refractivity contribution >= 4 is 21.8 Å². The summed E-state index contributed by atoms with van der Waals surface area (Å²) in [7, 11) is -4.10. The average Bonchev–Trinajstić information content (AvgIpc) is 2.62. The molecule has 0 saturated heterocycles. The molecule has 2 aromatic carbocycles. The highest BCUT2D eigenvalue weighted by Gasteiger charge is 2.17. The Morgan fingerprint density at radius 1 is 1.00 bits per heavy atom. The minimum absolute atomic E-state index is 0.281. The van der Waals surface area contributed by atoms with Crippen molar-refractivity contribution in [3.8, 4) is 0 Å². The van der Waals surface area contributed by atoms with Gasteiger partial charge >= 0.3 is 0 Å². The lowest BCUT2D eigenvalue weighted by Gasteiger charge is -2.10. The quantitative estimate of drug-likeness (QED) is 0.641. The summed E-state index contributed by atoms with van der Waals surface area (Å²) >= 11 is 0. The molecule has 3 N–H and O–H groups in total. The first-order chi connectivity index (χ1) is 12.7. The van der Waals surface area contributed by atoms with Gasteiger partial charge in [0.2, 0.25) is 15.9 Å². The molecule has 0 aliphatic rings. The van der Waals surface area contributed by atoms with Gasteiger partial charge in [-0.2, -0.15) is 0 Å². The zero-order chi connectivity index (χ0) is 20.0. The van der Waals surface area contributed by atoms with Crippen molar-refractivity contribution in [1.29, 1.82) is 0 Å². The van der Waals surface area contributed by atoms with Crippen LogP contribution in [0.3, 0.4) is 0 Å². The van der Waals surface area contributed by atoms with Crippen LogP contribution in [0.25, 0.3) is 0 Å². The van der Waals surface area contributed by atoms with Gasteiger partial charge in [-0.05, 0) is 36.8 Å². The number of hydrazine groups is 1. The molecule has 0 aliphatic carbocycles. The molecule has 0 fully saturated rings. The van der Waals surface area contributed by atoms with Crippen molar-refractivity contribution in [1.82, 2.24) is 15.6 Å². The largest absolute Gasteiger partial charge is 0.273 e. The normalized spacial score (nSPS) is 11.1. The van der Waals surface area contributed by atoms with Crippen LogP contribution in [-0.2, 0) is 14.8 Å². The van der Waals surface area contributed by atoms with Crippen molar-refractivity contribution in [2.75, 3.05) is 6.54 Å². The van der Waals surface area contributed by atoms with Crippen molar-refractivity contribution in [2.45, 2.75) is 18.2 Å². The Labute approximate surface area is 154 Å². The first kappa shape index (κ1) is 20.5. The first-order valence-corrected chi connectivity index (χ1v) is 9.28. The monoisotopic (exact) mass is 397 g/mol. The predicted molar refractivity (Wildman–Crippen MR) is 93.0 cm³/mol. The van der Waals surface area contributed by atoms with Gasteiger partial charge in [-0.1, -0.05) is 18.2 Å². The van der Waals surface area contributed by atoms with Crippen LogP contribution in [0.5, 0.6) is 0 Å². The molecule has 2 amide bonds. The summed E-state index contributed by atoms with van der Waals surface area (Å²) in [5.41, 5.74) is 5.50. The van der Waals surface area contributed by atoms with Gasteiger partial charge in [-0.15, -0.1) is 0 Å². The van der Waals surface area contributed by atoms with Gasteiger partial charge in [0.05, 0.1) is 4.90 Å². The lowest BCUT2D eigenvalue weighted by atomic mass is 10.1. The van der Waals surface area contributed by atoms with Gasteiger partial charge in [0.15, 0.2) is 11.6 Å². The molecule has 0 saturated carbocycles. The number of halogens is 2. The first-order valence-electron chi connectivity index (χ1n) is 7.80. The highest BCUT2D eigenvalue weighted by atomic mass is 32.2. The van der Waals surface area contributed by atoms with Crippen LogP contribution in [0.1, 0.15) is 22.3 Å². The topological polar surface area (TPSA) is 104 Å². The van der Waals surface area contributed by atoms with Crippen LogP contribution in [0.2, 0.25) is 0 Å². The van der Waals surface area contributed by atoms with E-state index in [1.807, 2.05) is 0 Å². The highest BCUT2D eigenvalue weighted by Crippen LogP contribution is 2.13. The lowest BCUT2D eigenvalue weighted by Crippen LogP contribution is -2.43. The van der Waals surface area contributed by atoms with Gasteiger partial charge in [0.1, 0.15) is 0 Å². The minimum Gasteiger partial charge on any atom is -0.273 e. The molecule has 0 radical (unpaired) electrons. The van der Waals surface area contributed by atoms with E-state index < -0.39 is 38.4 Å². The molecule has 0 spiro atoms. The third kappa shape index (κ3) is 5.56. The molecule has 0 unspecified atom stereocenters. The van der Waals surface area contributed by atoms with Crippen molar-refractivity contribution in [2.24, 2.45) is 0 Å². The maximum absolute atomic E-state index is 13.1. The van der Waals surface area contributed by atoms with Crippen molar-refractivity contribution in [3.05, 3.63) is 65.2 Å².